The van der Waals surface area contributed by atoms with E-state index in [2.05, 4.69) is 5.32 Å². The average molecular weight is 422 g/mol. The van der Waals surface area contributed by atoms with Crippen LogP contribution in [-0.2, 0) is 30.2 Å². The Bertz CT molecular complexity index is 713. The van der Waals surface area contributed by atoms with Gasteiger partial charge in [-0.3, -0.25) is 4.79 Å². The van der Waals surface area contributed by atoms with Gasteiger partial charge in [-0.1, -0.05) is 29.8 Å². The Balaban J connectivity index is 2.58. The summed E-state index contributed by atoms with van der Waals surface area (Å²) < 4.78 is 15.7. The van der Waals surface area contributed by atoms with E-state index in [9.17, 15) is 14.4 Å². The number of amides is 1. The zero-order valence-electron chi connectivity index (χ0n) is 19.2. The summed E-state index contributed by atoms with van der Waals surface area (Å²) in [6, 6.07) is 6.95. The highest BCUT2D eigenvalue weighted by Gasteiger charge is 2.31. The highest BCUT2D eigenvalue weighted by atomic mass is 16.6. The lowest BCUT2D eigenvalue weighted by Gasteiger charge is -2.25. The van der Waals surface area contributed by atoms with Gasteiger partial charge in [0.15, 0.2) is 0 Å². The SMILES string of the molecule is Cc1ccc(CCCOC(=O)N[C@@H](CC(=O)OC(C)(C)C)C(=O)OC(C)(C)C)cc1. The van der Waals surface area contributed by atoms with Crippen LogP contribution in [0.4, 0.5) is 4.79 Å². The van der Waals surface area contributed by atoms with Crippen molar-refractivity contribution < 1.29 is 28.6 Å². The van der Waals surface area contributed by atoms with Crippen LogP contribution in [0.2, 0.25) is 0 Å². The minimum atomic E-state index is -1.19. The number of benzene rings is 1. The summed E-state index contributed by atoms with van der Waals surface area (Å²) >= 11 is 0. The van der Waals surface area contributed by atoms with Crippen LogP contribution in [-0.4, -0.2) is 41.9 Å². The molecule has 7 heteroatoms. The zero-order valence-corrected chi connectivity index (χ0v) is 19.2. The lowest BCUT2D eigenvalue weighted by Crippen LogP contribution is -2.46. The maximum absolute atomic E-state index is 12.4. The molecule has 7 nitrogen and oxygen atoms in total. The predicted octanol–water partition coefficient (Wildman–Crippen LogP) is 4.10. The van der Waals surface area contributed by atoms with E-state index in [0.29, 0.717) is 6.42 Å². The molecule has 1 amide bonds. The van der Waals surface area contributed by atoms with Crippen molar-refractivity contribution in [1.82, 2.24) is 5.32 Å². The van der Waals surface area contributed by atoms with Crippen molar-refractivity contribution in [1.29, 1.82) is 0 Å². The Kier molecular flexibility index (Phi) is 9.33. The van der Waals surface area contributed by atoms with Crippen molar-refractivity contribution in [2.45, 2.75) is 85.0 Å². The van der Waals surface area contributed by atoms with E-state index in [1.165, 1.54) is 5.56 Å². The number of carbonyl (C=O) groups is 3. The number of alkyl carbamates (subject to hydrolysis) is 1. The van der Waals surface area contributed by atoms with Crippen molar-refractivity contribution in [3.63, 3.8) is 0 Å². The summed E-state index contributed by atoms with van der Waals surface area (Å²) in [4.78, 5) is 36.7. The summed E-state index contributed by atoms with van der Waals surface area (Å²) in [5.74, 6) is -1.33. The second-order valence-electron chi connectivity index (χ2n) is 9.25. The number of hydrogen-bond acceptors (Lipinski definition) is 6. The van der Waals surface area contributed by atoms with Gasteiger partial charge in [0.1, 0.15) is 17.2 Å². The van der Waals surface area contributed by atoms with Gasteiger partial charge in [0, 0.05) is 0 Å². The van der Waals surface area contributed by atoms with Gasteiger partial charge < -0.3 is 19.5 Å². The van der Waals surface area contributed by atoms with Crippen molar-refractivity contribution in [3.8, 4) is 0 Å². The van der Waals surface area contributed by atoms with Crippen molar-refractivity contribution in [2.75, 3.05) is 6.61 Å². The minimum Gasteiger partial charge on any atom is -0.460 e. The fourth-order valence-corrected chi connectivity index (χ4v) is 2.50. The molecule has 30 heavy (non-hydrogen) atoms. The first-order valence-electron chi connectivity index (χ1n) is 10.2. The third-order valence-corrected chi connectivity index (χ3v) is 3.74. The molecule has 0 saturated carbocycles. The molecule has 1 rings (SSSR count). The lowest BCUT2D eigenvalue weighted by atomic mass is 10.1. The second-order valence-corrected chi connectivity index (χ2v) is 9.25. The zero-order chi connectivity index (χ0) is 22.9. The molecule has 1 aromatic carbocycles. The Morgan fingerprint density at radius 1 is 0.933 bits per heavy atom. The van der Waals surface area contributed by atoms with Crippen LogP contribution in [0.25, 0.3) is 0 Å². The summed E-state index contributed by atoms with van der Waals surface area (Å²) in [5.41, 5.74) is 0.878. The fourth-order valence-electron chi connectivity index (χ4n) is 2.50. The quantitative estimate of drug-likeness (QED) is 0.386. The van der Waals surface area contributed by atoms with Crippen LogP contribution in [0.15, 0.2) is 24.3 Å². The number of ether oxygens (including phenoxy) is 3. The number of carbonyl (C=O) groups excluding carboxylic acids is 3. The fraction of sp³-hybridized carbons (Fsp3) is 0.609. The Hall–Kier alpha value is -2.57. The van der Waals surface area contributed by atoms with Gasteiger partial charge in [-0.2, -0.15) is 0 Å². The van der Waals surface area contributed by atoms with E-state index in [4.69, 9.17) is 14.2 Å². The van der Waals surface area contributed by atoms with Crippen LogP contribution in [0.1, 0.15) is 65.5 Å². The maximum Gasteiger partial charge on any atom is 0.407 e. The molecule has 1 atom stereocenters. The highest BCUT2D eigenvalue weighted by molar-refractivity contribution is 5.86. The van der Waals surface area contributed by atoms with Crippen molar-refractivity contribution in [3.05, 3.63) is 35.4 Å². The smallest absolute Gasteiger partial charge is 0.407 e. The second kappa shape index (κ2) is 11.0. The third kappa shape index (κ3) is 11.4. The van der Waals surface area contributed by atoms with E-state index < -0.39 is 35.3 Å². The molecule has 168 valence electrons. The lowest BCUT2D eigenvalue weighted by molar-refractivity contribution is -0.164. The van der Waals surface area contributed by atoms with E-state index in [1.54, 1.807) is 41.5 Å². The van der Waals surface area contributed by atoms with E-state index >= 15 is 0 Å². The Labute approximate surface area is 179 Å². The molecule has 0 bridgehead atoms. The van der Waals surface area contributed by atoms with Gasteiger partial charge >= 0.3 is 18.0 Å². The summed E-state index contributed by atoms with van der Waals surface area (Å²) in [6.45, 7) is 12.5. The normalized spacial score (nSPS) is 12.6. The first-order valence-corrected chi connectivity index (χ1v) is 10.2. The molecule has 1 N–H and O–H groups in total. The Morgan fingerprint density at radius 2 is 1.50 bits per heavy atom. The molecule has 0 aliphatic rings. The molecule has 0 saturated heterocycles. The molecule has 1 aromatic rings. The van der Waals surface area contributed by atoms with Crippen LogP contribution < -0.4 is 5.32 Å². The molecule has 0 radical (unpaired) electrons. The molecule has 0 aromatic heterocycles. The van der Waals surface area contributed by atoms with Gasteiger partial charge in [-0.15, -0.1) is 0 Å². The average Bonchev–Trinajstić information content (AvgIpc) is 2.56. The number of rotatable bonds is 8. The molecule has 0 aliphatic heterocycles. The molecule has 0 unspecified atom stereocenters. The summed E-state index contributed by atoms with van der Waals surface area (Å²) in [7, 11) is 0. The third-order valence-electron chi connectivity index (χ3n) is 3.74. The first kappa shape index (κ1) is 25.5. The van der Waals surface area contributed by atoms with Crippen LogP contribution in [0, 0.1) is 6.92 Å². The predicted molar refractivity (Wildman–Crippen MR) is 114 cm³/mol. The van der Waals surface area contributed by atoms with E-state index in [0.717, 1.165) is 12.0 Å². The van der Waals surface area contributed by atoms with Gasteiger partial charge in [0.2, 0.25) is 0 Å². The standard InChI is InChI=1S/C23H35NO6/c1-16-10-12-17(13-11-16)9-8-14-28-21(27)24-18(20(26)30-23(5,6)7)15-19(25)29-22(2,3)4/h10-13,18H,8-9,14-15H2,1-7H3,(H,24,27)/t18-/m0/s1. The van der Waals surface area contributed by atoms with Crippen LogP contribution >= 0.6 is 0 Å². The van der Waals surface area contributed by atoms with Crippen LogP contribution in [0.5, 0.6) is 0 Å². The van der Waals surface area contributed by atoms with Crippen molar-refractivity contribution >= 4 is 18.0 Å². The number of hydrogen-bond donors (Lipinski definition) is 1. The number of esters is 2. The van der Waals surface area contributed by atoms with Gasteiger partial charge in [0.25, 0.3) is 0 Å². The van der Waals surface area contributed by atoms with E-state index in [1.807, 2.05) is 31.2 Å². The maximum atomic E-state index is 12.4. The largest absolute Gasteiger partial charge is 0.460 e. The molecule has 0 fully saturated rings. The summed E-state index contributed by atoms with van der Waals surface area (Å²) in [6.07, 6.45) is 0.281. The van der Waals surface area contributed by atoms with Crippen molar-refractivity contribution in [2.24, 2.45) is 0 Å². The molecule has 0 heterocycles. The molecule has 0 spiro atoms. The molecule has 0 aliphatic carbocycles. The van der Waals surface area contributed by atoms with Gasteiger partial charge in [0.05, 0.1) is 13.0 Å². The highest BCUT2D eigenvalue weighted by Crippen LogP contribution is 2.13. The summed E-state index contributed by atoms with van der Waals surface area (Å²) in [5, 5.41) is 2.43. The van der Waals surface area contributed by atoms with Crippen LogP contribution in [0.3, 0.4) is 0 Å². The van der Waals surface area contributed by atoms with E-state index in [-0.39, 0.29) is 13.0 Å². The minimum absolute atomic E-state index is 0.188. The van der Waals surface area contributed by atoms with Gasteiger partial charge in [-0.05, 0) is 66.9 Å². The molecular weight excluding hydrogens is 386 g/mol. The Morgan fingerprint density at radius 3 is 2.03 bits per heavy atom. The molecular formula is C23H35NO6. The monoisotopic (exact) mass is 421 g/mol. The number of aryl methyl sites for hydroxylation is 2. The topological polar surface area (TPSA) is 90.9 Å². The first-order chi connectivity index (χ1) is 13.7. The number of nitrogens with one attached hydrogen (secondary N) is 1. The van der Waals surface area contributed by atoms with Gasteiger partial charge in [-0.25, -0.2) is 9.59 Å².